The molecule has 1 aromatic heterocycles. The molecule has 1 aliphatic heterocycles. The van der Waals surface area contributed by atoms with Crippen molar-refractivity contribution in [1.29, 1.82) is 0 Å². The minimum atomic E-state index is -3.81. The highest BCUT2D eigenvalue weighted by Crippen LogP contribution is 2.36. The van der Waals surface area contributed by atoms with Crippen LogP contribution in [0, 0.1) is 5.82 Å². The van der Waals surface area contributed by atoms with E-state index < -0.39 is 21.8 Å². The first-order valence-corrected chi connectivity index (χ1v) is 10.9. The summed E-state index contributed by atoms with van der Waals surface area (Å²) in [5, 5.41) is 10.2. The van der Waals surface area contributed by atoms with E-state index in [9.17, 15) is 22.7 Å². The molecule has 1 N–H and O–H groups in total. The van der Waals surface area contributed by atoms with E-state index in [4.69, 9.17) is 0 Å². The lowest BCUT2D eigenvalue weighted by Crippen LogP contribution is -2.49. The van der Waals surface area contributed by atoms with Crippen LogP contribution in [0.5, 0.6) is 0 Å². The Labute approximate surface area is 174 Å². The summed E-state index contributed by atoms with van der Waals surface area (Å²) in [6, 6.07) is 11.9. The van der Waals surface area contributed by atoms with Crippen LogP contribution < -0.4 is 4.90 Å². The van der Waals surface area contributed by atoms with E-state index in [1.165, 1.54) is 23.5 Å². The van der Waals surface area contributed by atoms with Gasteiger partial charge in [-0.3, -0.25) is 4.79 Å². The fraction of sp³-hybridized carbons (Fsp3) is 0.286. The van der Waals surface area contributed by atoms with Gasteiger partial charge in [0.25, 0.3) is 0 Å². The number of aromatic nitrogens is 1. The quantitative estimate of drug-likeness (QED) is 0.671. The first-order chi connectivity index (χ1) is 14.2. The SMILES string of the molecule is CN1C[C@@H](N(C)S(=O)(=O)c2ccc(F)cc2)Cn2c1c(CC(=O)O)c1ccccc12. The number of aliphatic carboxylic acids is 1. The molecule has 7 nitrogen and oxygen atoms in total. The summed E-state index contributed by atoms with van der Waals surface area (Å²) in [6.45, 7) is 0.788. The smallest absolute Gasteiger partial charge is 0.307 e. The molecule has 0 radical (unpaired) electrons. The maximum absolute atomic E-state index is 13.2. The number of carbonyl (C=O) groups is 1. The largest absolute Gasteiger partial charge is 0.481 e. The van der Waals surface area contributed by atoms with Gasteiger partial charge < -0.3 is 14.6 Å². The van der Waals surface area contributed by atoms with Crippen molar-refractivity contribution < 1.29 is 22.7 Å². The van der Waals surface area contributed by atoms with Crippen LogP contribution in [0.15, 0.2) is 53.4 Å². The van der Waals surface area contributed by atoms with Gasteiger partial charge in [-0.25, -0.2) is 12.8 Å². The molecular formula is C21H22FN3O4S. The molecule has 158 valence electrons. The molecular weight excluding hydrogens is 409 g/mol. The van der Waals surface area contributed by atoms with Crippen LogP contribution in [-0.4, -0.2) is 55.0 Å². The molecule has 9 heteroatoms. The van der Waals surface area contributed by atoms with Gasteiger partial charge in [0.2, 0.25) is 10.0 Å². The number of anilines is 1. The van der Waals surface area contributed by atoms with E-state index in [1.807, 2.05) is 40.8 Å². The van der Waals surface area contributed by atoms with Crippen LogP contribution >= 0.6 is 0 Å². The van der Waals surface area contributed by atoms with Crippen LogP contribution in [0.4, 0.5) is 10.2 Å². The molecule has 0 saturated carbocycles. The highest BCUT2D eigenvalue weighted by molar-refractivity contribution is 7.89. The van der Waals surface area contributed by atoms with Crippen molar-refractivity contribution in [2.24, 2.45) is 0 Å². The Balaban J connectivity index is 1.75. The third-order valence-electron chi connectivity index (χ3n) is 5.62. The maximum Gasteiger partial charge on any atom is 0.307 e. The predicted octanol–water partition coefficient (Wildman–Crippen LogP) is 2.55. The number of rotatable bonds is 5. The molecule has 1 aliphatic rings. The van der Waals surface area contributed by atoms with E-state index in [1.54, 1.807) is 0 Å². The van der Waals surface area contributed by atoms with Gasteiger partial charge in [-0.2, -0.15) is 4.31 Å². The van der Waals surface area contributed by atoms with Gasteiger partial charge in [-0.15, -0.1) is 0 Å². The molecule has 2 heterocycles. The van der Waals surface area contributed by atoms with E-state index in [-0.39, 0.29) is 17.4 Å². The average molecular weight is 431 g/mol. The lowest BCUT2D eigenvalue weighted by Gasteiger charge is -2.38. The van der Waals surface area contributed by atoms with Crippen molar-refractivity contribution in [3.8, 4) is 0 Å². The highest BCUT2D eigenvalue weighted by Gasteiger charge is 2.35. The molecule has 30 heavy (non-hydrogen) atoms. The third kappa shape index (κ3) is 3.33. The van der Waals surface area contributed by atoms with Crippen LogP contribution in [0.25, 0.3) is 10.9 Å². The minimum absolute atomic E-state index is 0.0313. The van der Waals surface area contributed by atoms with E-state index in [0.717, 1.165) is 34.4 Å². The van der Waals surface area contributed by atoms with E-state index in [0.29, 0.717) is 13.1 Å². The van der Waals surface area contributed by atoms with Gasteiger partial charge in [-0.05, 0) is 30.3 Å². The molecule has 4 rings (SSSR count). The number of likely N-dealkylation sites (N-methyl/N-ethyl adjacent to an activating group) is 2. The summed E-state index contributed by atoms with van der Waals surface area (Å²) in [6.07, 6.45) is -0.110. The van der Waals surface area contributed by atoms with Crippen molar-refractivity contribution in [1.82, 2.24) is 8.87 Å². The number of para-hydroxylation sites is 1. The van der Waals surface area contributed by atoms with Crippen molar-refractivity contribution in [3.63, 3.8) is 0 Å². The third-order valence-corrected chi connectivity index (χ3v) is 7.54. The highest BCUT2D eigenvalue weighted by atomic mass is 32.2. The molecule has 0 unspecified atom stereocenters. The summed E-state index contributed by atoms with van der Waals surface area (Å²) < 4.78 is 42.7. The zero-order chi connectivity index (χ0) is 21.6. The second-order valence-electron chi connectivity index (χ2n) is 7.51. The number of benzene rings is 2. The summed E-state index contributed by atoms with van der Waals surface area (Å²) in [5.41, 5.74) is 1.59. The van der Waals surface area contributed by atoms with Crippen LogP contribution in [-0.2, 0) is 27.8 Å². The standard InChI is InChI=1S/C21H22FN3O4S/c1-23-12-15(24(2)30(28,29)16-9-7-14(22)8-10-16)13-25-19-6-4-3-5-17(19)18(21(23)25)11-20(26)27/h3-10,15H,11-13H2,1-2H3,(H,26,27)/t15-/m1/s1. The predicted molar refractivity (Wildman–Crippen MR) is 112 cm³/mol. The van der Waals surface area contributed by atoms with Gasteiger partial charge >= 0.3 is 5.97 Å². The zero-order valence-corrected chi connectivity index (χ0v) is 17.4. The molecule has 1 atom stereocenters. The van der Waals surface area contributed by atoms with Crippen molar-refractivity contribution in [2.75, 3.05) is 25.5 Å². The topological polar surface area (TPSA) is 82.9 Å². The molecule has 3 aromatic rings. The average Bonchev–Trinajstić information content (AvgIpc) is 3.01. The Morgan fingerprint density at radius 2 is 1.83 bits per heavy atom. The first kappa shape index (κ1) is 20.4. The first-order valence-electron chi connectivity index (χ1n) is 9.46. The zero-order valence-electron chi connectivity index (χ0n) is 16.6. The minimum Gasteiger partial charge on any atom is -0.481 e. The van der Waals surface area contributed by atoms with Gasteiger partial charge in [0.1, 0.15) is 11.6 Å². The van der Waals surface area contributed by atoms with Gasteiger partial charge in [0.15, 0.2) is 0 Å². The molecule has 0 bridgehead atoms. The van der Waals surface area contributed by atoms with Gasteiger partial charge in [0.05, 0.1) is 22.9 Å². The lowest BCUT2D eigenvalue weighted by molar-refractivity contribution is -0.136. The number of sulfonamides is 1. The summed E-state index contributed by atoms with van der Waals surface area (Å²) in [7, 11) is -0.460. The second-order valence-corrected chi connectivity index (χ2v) is 9.51. The number of carboxylic acids is 1. The molecule has 0 amide bonds. The lowest BCUT2D eigenvalue weighted by atomic mass is 10.1. The Kier molecular flexibility index (Phi) is 5.03. The number of hydrogen-bond donors (Lipinski definition) is 1. The Hall–Kier alpha value is -2.91. The fourth-order valence-electron chi connectivity index (χ4n) is 4.18. The maximum atomic E-state index is 13.2. The number of nitrogens with zero attached hydrogens (tertiary/aromatic N) is 3. The van der Waals surface area contributed by atoms with Gasteiger partial charge in [0, 0.05) is 38.1 Å². The summed E-state index contributed by atoms with van der Waals surface area (Å²) in [4.78, 5) is 13.4. The second kappa shape index (κ2) is 7.41. The molecule has 0 saturated heterocycles. The monoisotopic (exact) mass is 431 g/mol. The van der Waals surface area contributed by atoms with Crippen molar-refractivity contribution in [3.05, 3.63) is 59.9 Å². The number of hydrogen-bond acceptors (Lipinski definition) is 4. The molecule has 0 aliphatic carbocycles. The van der Waals surface area contributed by atoms with E-state index >= 15 is 0 Å². The fourth-order valence-corrected chi connectivity index (χ4v) is 5.52. The van der Waals surface area contributed by atoms with Gasteiger partial charge in [-0.1, -0.05) is 18.2 Å². The number of carboxylic acid groups (broad SMARTS) is 1. The Morgan fingerprint density at radius 3 is 2.50 bits per heavy atom. The molecule has 0 fully saturated rings. The Bertz CT molecular complexity index is 1220. The van der Waals surface area contributed by atoms with Crippen molar-refractivity contribution in [2.45, 2.75) is 23.9 Å². The number of halogens is 1. The molecule has 0 spiro atoms. The van der Waals surface area contributed by atoms with E-state index in [2.05, 4.69) is 0 Å². The summed E-state index contributed by atoms with van der Waals surface area (Å²) >= 11 is 0. The van der Waals surface area contributed by atoms with Crippen LogP contribution in [0.2, 0.25) is 0 Å². The van der Waals surface area contributed by atoms with Crippen LogP contribution in [0.3, 0.4) is 0 Å². The number of fused-ring (bicyclic) bond motifs is 3. The normalized spacial score (nSPS) is 16.8. The van der Waals surface area contributed by atoms with Crippen LogP contribution in [0.1, 0.15) is 5.56 Å². The Morgan fingerprint density at radius 1 is 1.17 bits per heavy atom. The molecule has 2 aromatic carbocycles. The van der Waals surface area contributed by atoms with Crippen molar-refractivity contribution >= 4 is 32.7 Å². The summed E-state index contributed by atoms with van der Waals surface area (Å²) in [5.74, 6) is -0.619.